The van der Waals surface area contributed by atoms with Gasteiger partial charge in [0.05, 0.1) is 5.69 Å². The number of aryl methyl sites for hydroxylation is 2. The van der Waals surface area contributed by atoms with E-state index in [2.05, 4.69) is 15.5 Å². The lowest BCUT2D eigenvalue weighted by Gasteiger charge is -2.13. The van der Waals surface area contributed by atoms with E-state index < -0.39 is 5.91 Å². The van der Waals surface area contributed by atoms with Crippen molar-refractivity contribution in [1.82, 2.24) is 10.2 Å². The third kappa shape index (κ3) is 3.64. The van der Waals surface area contributed by atoms with Crippen LogP contribution in [-0.4, -0.2) is 27.9 Å². The molecule has 29 heavy (non-hydrogen) atoms. The summed E-state index contributed by atoms with van der Waals surface area (Å²) in [5, 5.41) is 10.4. The molecule has 1 fully saturated rings. The minimum atomic E-state index is -0.438. The van der Waals surface area contributed by atoms with Gasteiger partial charge in [-0.3, -0.25) is 24.6 Å². The first-order valence-electron chi connectivity index (χ1n) is 9.11. The van der Waals surface area contributed by atoms with Crippen LogP contribution in [0.2, 0.25) is 0 Å². The van der Waals surface area contributed by atoms with Crippen molar-refractivity contribution in [3.05, 3.63) is 59.2 Å². The summed E-state index contributed by atoms with van der Waals surface area (Å²) in [6, 6.07) is 12.0. The van der Waals surface area contributed by atoms with Crippen LogP contribution in [0.25, 0.3) is 11.5 Å². The predicted molar refractivity (Wildman–Crippen MR) is 105 cm³/mol. The number of rotatable bonds is 4. The molecule has 0 bridgehead atoms. The van der Waals surface area contributed by atoms with Gasteiger partial charge in [0.2, 0.25) is 17.7 Å². The second kappa shape index (κ2) is 7.31. The first-order valence-corrected chi connectivity index (χ1v) is 9.11. The molecule has 8 nitrogen and oxygen atoms in total. The number of aromatic nitrogens is 2. The monoisotopic (exact) mass is 390 g/mol. The maximum Gasteiger partial charge on any atom is 0.322 e. The molecule has 1 aliphatic heterocycles. The molecular formula is C21H18N4O4. The number of imide groups is 1. The number of amides is 3. The number of carbonyl (C=O) groups is 3. The van der Waals surface area contributed by atoms with Crippen molar-refractivity contribution in [2.24, 2.45) is 0 Å². The lowest BCUT2D eigenvalue weighted by atomic mass is 10.1. The Morgan fingerprint density at radius 1 is 1.00 bits per heavy atom. The lowest BCUT2D eigenvalue weighted by Crippen LogP contribution is -2.28. The zero-order valence-corrected chi connectivity index (χ0v) is 15.9. The Kier molecular flexibility index (Phi) is 4.67. The van der Waals surface area contributed by atoms with Gasteiger partial charge in [-0.1, -0.05) is 22.8 Å². The number of hydrogen-bond donors (Lipinski definition) is 1. The molecule has 1 N–H and O–H groups in total. The Bertz CT molecular complexity index is 1100. The second-order valence-electron chi connectivity index (χ2n) is 6.85. The normalized spacial score (nSPS) is 13.8. The van der Waals surface area contributed by atoms with Crippen LogP contribution < -0.4 is 10.2 Å². The van der Waals surface area contributed by atoms with Gasteiger partial charge >= 0.3 is 6.01 Å². The summed E-state index contributed by atoms with van der Waals surface area (Å²) >= 11 is 0. The fourth-order valence-corrected chi connectivity index (χ4v) is 3.23. The van der Waals surface area contributed by atoms with E-state index in [4.69, 9.17) is 4.42 Å². The van der Waals surface area contributed by atoms with E-state index in [1.165, 1.54) is 12.1 Å². The highest BCUT2D eigenvalue weighted by Crippen LogP contribution is 2.25. The number of hydrogen-bond acceptors (Lipinski definition) is 6. The number of carbonyl (C=O) groups excluding carboxylic acids is 3. The van der Waals surface area contributed by atoms with Crippen molar-refractivity contribution in [3.8, 4) is 11.5 Å². The molecule has 0 aliphatic carbocycles. The van der Waals surface area contributed by atoms with Crippen molar-refractivity contribution in [3.63, 3.8) is 0 Å². The smallest absolute Gasteiger partial charge is 0.322 e. The van der Waals surface area contributed by atoms with Crippen molar-refractivity contribution in [2.75, 3.05) is 10.2 Å². The van der Waals surface area contributed by atoms with Gasteiger partial charge in [-0.2, -0.15) is 0 Å². The van der Waals surface area contributed by atoms with E-state index in [0.717, 1.165) is 21.6 Å². The zero-order valence-electron chi connectivity index (χ0n) is 15.9. The van der Waals surface area contributed by atoms with Crippen LogP contribution in [0.4, 0.5) is 11.7 Å². The third-order valence-electron chi connectivity index (χ3n) is 4.70. The van der Waals surface area contributed by atoms with E-state index >= 15 is 0 Å². The molecule has 0 unspecified atom stereocenters. The first-order chi connectivity index (χ1) is 13.9. The maximum atomic E-state index is 12.4. The molecule has 0 saturated carbocycles. The van der Waals surface area contributed by atoms with Gasteiger partial charge in [0.25, 0.3) is 5.91 Å². The van der Waals surface area contributed by atoms with Crippen LogP contribution in [0.15, 0.2) is 46.9 Å². The number of nitrogens with one attached hydrogen (secondary N) is 1. The third-order valence-corrected chi connectivity index (χ3v) is 4.70. The van der Waals surface area contributed by atoms with Gasteiger partial charge in [-0.15, -0.1) is 5.10 Å². The van der Waals surface area contributed by atoms with Gasteiger partial charge in [-0.05, 0) is 49.7 Å². The van der Waals surface area contributed by atoms with Gasteiger partial charge in [0, 0.05) is 24.0 Å². The highest BCUT2D eigenvalue weighted by atomic mass is 16.4. The Morgan fingerprint density at radius 3 is 2.34 bits per heavy atom. The average Bonchev–Trinajstić information content (AvgIpc) is 3.28. The molecule has 1 saturated heterocycles. The summed E-state index contributed by atoms with van der Waals surface area (Å²) in [4.78, 5) is 37.2. The summed E-state index contributed by atoms with van der Waals surface area (Å²) in [6.45, 7) is 3.94. The van der Waals surface area contributed by atoms with Crippen LogP contribution in [0.5, 0.6) is 0 Å². The molecule has 2 aromatic carbocycles. The summed E-state index contributed by atoms with van der Waals surface area (Å²) in [5.74, 6) is -0.598. The predicted octanol–water partition coefficient (Wildman–Crippen LogP) is 3.26. The van der Waals surface area contributed by atoms with E-state index in [9.17, 15) is 14.4 Å². The Morgan fingerprint density at radius 2 is 1.69 bits per heavy atom. The van der Waals surface area contributed by atoms with E-state index in [1.807, 2.05) is 32.0 Å². The second-order valence-corrected chi connectivity index (χ2v) is 6.85. The highest BCUT2D eigenvalue weighted by molar-refractivity contribution is 6.20. The Balaban J connectivity index is 1.48. The molecule has 0 radical (unpaired) electrons. The summed E-state index contributed by atoms with van der Waals surface area (Å²) in [7, 11) is 0. The minimum absolute atomic E-state index is 0.0149. The Labute approximate surface area is 166 Å². The highest BCUT2D eigenvalue weighted by Gasteiger charge is 2.30. The number of nitrogens with zero attached hydrogens (tertiary/aromatic N) is 3. The molecule has 1 aliphatic rings. The quantitative estimate of drug-likeness (QED) is 0.686. The topological polar surface area (TPSA) is 105 Å². The molecule has 146 valence electrons. The molecule has 1 aromatic heterocycles. The first kappa shape index (κ1) is 18.5. The molecule has 0 atom stereocenters. The van der Waals surface area contributed by atoms with Crippen molar-refractivity contribution in [2.45, 2.75) is 26.7 Å². The Hall–Kier alpha value is -3.81. The molecule has 3 amide bonds. The summed E-state index contributed by atoms with van der Waals surface area (Å²) in [5.41, 5.74) is 3.70. The van der Waals surface area contributed by atoms with Crippen LogP contribution in [0.3, 0.4) is 0 Å². The van der Waals surface area contributed by atoms with Gasteiger partial charge in [-0.25, -0.2) is 0 Å². The SMILES string of the molecule is Cc1ccc(-c2nnc(NC(=O)c3ccc(N4C(=O)CCC4=O)cc3)o2)c(C)c1. The minimum Gasteiger partial charge on any atom is -0.403 e. The molecule has 3 aromatic rings. The standard InChI is InChI=1S/C21H18N4O4/c1-12-3-8-16(13(2)11-12)20-23-24-21(29-20)22-19(28)14-4-6-15(7-5-14)25-17(26)9-10-18(25)27/h3-8,11H,9-10H2,1-2H3,(H,22,24,28). The van der Waals surface area contributed by atoms with Gasteiger partial charge in [0.15, 0.2) is 0 Å². The van der Waals surface area contributed by atoms with Crippen LogP contribution in [0.1, 0.15) is 34.3 Å². The molecule has 0 spiro atoms. The maximum absolute atomic E-state index is 12.4. The van der Waals surface area contributed by atoms with Crippen LogP contribution in [0, 0.1) is 13.8 Å². The summed E-state index contributed by atoms with van der Waals surface area (Å²) in [6.07, 6.45) is 0.419. The van der Waals surface area contributed by atoms with Crippen molar-refractivity contribution in [1.29, 1.82) is 0 Å². The van der Waals surface area contributed by atoms with E-state index in [1.54, 1.807) is 12.1 Å². The van der Waals surface area contributed by atoms with Crippen molar-refractivity contribution < 1.29 is 18.8 Å². The van der Waals surface area contributed by atoms with Crippen LogP contribution >= 0.6 is 0 Å². The van der Waals surface area contributed by atoms with Crippen LogP contribution in [-0.2, 0) is 9.59 Å². The largest absolute Gasteiger partial charge is 0.403 e. The van der Waals surface area contributed by atoms with E-state index in [0.29, 0.717) is 17.1 Å². The van der Waals surface area contributed by atoms with Gasteiger partial charge in [0.1, 0.15) is 0 Å². The molecular weight excluding hydrogens is 372 g/mol. The van der Waals surface area contributed by atoms with Gasteiger partial charge < -0.3 is 4.42 Å². The lowest BCUT2D eigenvalue weighted by molar-refractivity contribution is -0.121. The number of benzene rings is 2. The average molecular weight is 390 g/mol. The summed E-state index contributed by atoms with van der Waals surface area (Å²) < 4.78 is 5.56. The zero-order chi connectivity index (χ0) is 20.5. The molecule has 2 heterocycles. The fraction of sp³-hybridized carbons (Fsp3) is 0.190. The van der Waals surface area contributed by atoms with E-state index in [-0.39, 0.29) is 30.7 Å². The number of anilines is 2. The fourth-order valence-electron chi connectivity index (χ4n) is 3.23. The van der Waals surface area contributed by atoms with Crippen molar-refractivity contribution >= 4 is 29.4 Å². The molecule has 8 heteroatoms. The molecule has 4 rings (SSSR count).